The van der Waals surface area contributed by atoms with Crippen molar-refractivity contribution in [3.63, 3.8) is 0 Å². The van der Waals surface area contributed by atoms with E-state index < -0.39 is 0 Å². The average Bonchev–Trinajstić information content (AvgIpc) is 2.41. The Labute approximate surface area is 74.8 Å². The Bertz CT molecular complexity index is 433. The van der Waals surface area contributed by atoms with Gasteiger partial charge in [0.05, 0.1) is 15.9 Å². The fourth-order valence-corrected chi connectivity index (χ4v) is 1.53. The van der Waals surface area contributed by atoms with Crippen molar-refractivity contribution in [2.45, 2.75) is 6.92 Å². The van der Waals surface area contributed by atoms with Gasteiger partial charge in [-0.15, -0.1) is 0 Å². The molecule has 0 saturated heterocycles. The quantitative estimate of drug-likeness (QED) is 0.644. The molecule has 0 spiro atoms. The van der Waals surface area contributed by atoms with Crippen molar-refractivity contribution in [2.75, 3.05) is 0 Å². The number of hydrogen-bond acceptors (Lipinski definition) is 1. The van der Waals surface area contributed by atoms with Crippen molar-refractivity contribution in [2.24, 2.45) is 0 Å². The normalized spacial score (nSPS) is 10.8. The van der Waals surface area contributed by atoms with Gasteiger partial charge in [0.2, 0.25) is 0 Å². The van der Waals surface area contributed by atoms with E-state index in [2.05, 4.69) is 4.98 Å². The van der Waals surface area contributed by atoms with Gasteiger partial charge in [-0.25, -0.2) is 0 Å². The van der Waals surface area contributed by atoms with Crippen LogP contribution in [0.1, 0.15) is 5.56 Å². The summed E-state index contributed by atoms with van der Waals surface area (Å²) < 4.78 is 0. The molecule has 3 heteroatoms. The number of benzene rings is 1. The number of halogens is 1. The van der Waals surface area contributed by atoms with Crippen molar-refractivity contribution in [3.8, 4) is 5.75 Å². The summed E-state index contributed by atoms with van der Waals surface area (Å²) in [6.45, 7) is 1.91. The van der Waals surface area contributed by atoms with Crippen LogP contribution in [-0.2, 0) is 0 Å². The van der Waals surface area contributed by atoms with Gasteiger partial charge in [0.15, 0.2) is 0 Å². The number of H-pyrrole nitrogens is 1. The lowest BCUT2D eigenvalue weighted by Gasteiger charge is -1.98. The van der Waals surface area contributed by atoms with E-state index in [0.717, 1.165) is 11.1 Å². The third-order valence-electron chi connectivity index (χ3n) is 1.96. The molecule has 2 nitrogen and oxygen atoms in total. The minimum atomic E-state index is 0.207. The molecular weight excluding hydrogens is 174 g/mol. The number of aromatic amines is 1. The molecule has 0 amide bonds. The highest BCUT2D eigenvalue weighted by Gasteiger charge is 2.07. The summed E-state index contributed by atoms with van der Waals surface area (Å²) in [6.07, 6.45) is 1.54. The second-order valence-electron chi connectivity index (χ2n) is 2.79. The predicted molar refractivity (Wildman–Crippen MR) is 49.7 cm³/mol. The summed E-state index contributed by atoms with van der Waals surface area (Å²) in [5.74, 6) is 0.207. The number of fused-ring (bicyclic) bond motifs is 1. The molecule has 2 aromatic rings. The van der Waals surface area contributed by atoms with Crippen LogP contribution in [0, 0.1) is 6.92 Å². The first kappa shape index (κ1) is 7.50. The van der Waals surface area contributed by atoms with E-state index in [4.69, 9.17) is 11.6 Å². The highest BCUT2D eigenvalue weighted by molar-refractivity contribution is 6.36. The second kappa shape index (κ2) is 2.42. The molecule has 62 valence electrons. The maximum Gasteiger partial charge on any atom is 0.142 e. The fraction of sp³-hybridized carbons (Fsp3) is 0.111. The molecule has 0 aliphatic carbocycles. The molecule has 2 rings (SSSR count). The average molecular weight is 182 g/mol. The minimum Gasteiger partial charge on any atom is -0.506 e. The van der Waals surface area contributed by atoms with E-state index in [1.54, 1.807) is 0 Å². The smallest absolute Gasteiger partial charge is 0.142 e. The van der Waals surface area contributed by atoms with Crippen LogP contribution in [0.4, 0.5) is 0 Å². The molecule has 0 aliphatic rings. The van der Waals surface area contributed by atoms with Gasteiger partial charge in [0.1, 0.15) is 5.75 Å². The summed E-state index contributed by atoms with van der Waals surface area (Å²) in [4.78, 5) is 2.92. The Morgan fingerprint density at radius 2 is 2.17 bits per heavy atom. The topological polar surface area (TPSA) is 36.0 Å². The van der Waals surface area contributed by atoms with Gasteiger partial charge in [0, 0.05) is 6.20 Å². The zero-order chi connectivity index (χ0) is 8.72. The van der Waals surface area contributed by atoms with Crippen molar-refractivity contribution < 1.29 is 5.11 Å². The van der Waals surface area contributed by atoms with Crippen molar-refractivity contribution in [1.82, 2.24) is 4.98 Å². The summed E-state index contributed by atoms with van der Waals surface area (Å²) in [6, 6.07) is 3.82. The molecule has 0 aliphatic heterocycles. The molecule has 0 atom stereocenters. The Kier molecular flexibility index (Phi) is 1.51. The number of aromatic hydroxyl groups is 1. The van der Waals surface area contributed by atoms with Crippen molar-refractivity contribution in [3.05, 3.63) is 28.9 Å². The second-order valence-corrected chi connectivity index (χ2v) is 3.17. The monoisotopic (exact) mass is 181 g/mol. The van der Waals surface area contributed by atoms with Crippen LogP contribution in [-0.4, -0.2) is 10.1 Å². The highest BCUT2D eigenvalue weighted by atomic mass is 35.5. The summed E-state index contributed by atoms with van der Waals surface area (Å²) in [5, 5.41) is 10.7. The first-order valence-electron chi connectivity index (χ1n) is 3.65. The zero-order valence-corrected chi connectivity index (χ0v) is 7.31. The molecule has 1 heterocycles. The third kappa shape index (κ3) is 0.883. The van der Waals surface area contributed by atoms with Crippen LogP contribution in [0.15, 0.2) is 18.3 Å². The van der Waals surface area contributed by atoms with Gasteiger partial charge in [0.25, 0.3) is 0 Å². The molecule has 0 radical (unpaired) electrons. The SMILES string of the molecule is Cc1ccc2[nH]cc(O)c2c1Cl. The van der Waals surface area contributed by atoms with E-state index in [1.807, 2.05) is 19.1 Å². The van der Waals surface area contributed by atoms with Gasteiger partial charge in [-0.2, -0.15) is 0 Å². The zero-order valence-electron chi connectivity index (χ0n) is 6.56. The standard InChI is InChI=1S/C9H8ClNO/c1-5-2-3-6-8(9(5)10)7(12)4-11-6/h2-4,11-12H,1H3. The van der Waals surface area contributed by atoms with Crippen molar-refractivity contribution >= 4 is 22.5 Å². The highest BCUT2D eigenvalue weighted by Crippen LogP contribution is 2.32. The van der Waals surface area contributed by atoms with Crippen LogP contribution < -0.4 is 0 Å². The van der Waals surface area contributed by atoms with Gasteiger partial charge in [-0.3, -0.25) is 0 Å². The summed E-state index contributed by atoms with van der Waals surface area (Å²) >= 11 is 5.99. The molecule has 0 saturated carbocycles. The van der Waals surface area contributed by atoms with Crippen molar-refractivity contribution in [1.29, 1.82) is 0 Å². The summed E-state index contributed by atoms with van der Waals surface area (Å²) in [5.41, 5.74) is 1.84. The minimum absolute atomic E-state index is 0.207. The molecule has 0 fully saturated rings. The Morgan fingerprint density at radius 3 is 2.92 bits per heavy atom. The Morgan fingerprint density at radius 1 is 1.42 bits per heavy atom. The maximum absolute atomic E-state index is 9.40. The lowest BCUT2D eigenvalue weighted by Crippen LogP contribution is -1.75. The van der Waals surface area contributed by atoms with E-state index in [0.29, 0.717) is 10.4 Å². The summed E-state index contributed by atoms with van der Waals surface area (Å²) in [7, 11) is 0. The van der Waals surface area contributed by atoms with Gasteiger partial charge in [-0.05, 0) is 18.6 Å². The maximum atomic E-state index is 9.40. The number of rotatable bonds is 0. The Hall–Kier alpha value is -1.15. The molecule has 12 heavy (non-hydrogen) atoms. The van der Waals surface area contributed by atoms with Crippen LogP contribution in [0.3, 0.4) is 0 Å². The first-order valence-corrected chi connectivity index (χ1v) is 4.03. The Balaban J connectivity index is 2.96. The largest absolute Gasteiger partial charge is 0.506 e. The van der Waals surface area contributed by atoms with E-state index >= 15 is 0 Å². The van der Waals surface area contributed by atoms with E-state index in [1.165, 1.54) is 6.20 Å². The van der Waals surface area contributed by atoms with Crippen LogP contribution in [0.2, 0.25) is 5.02 Å². The fourth-order valence-electron chi connectivity index (χ4n) is 1.27. The van der Waals surface area contributed by atoms with Gasteiger partial charge in [-0.1, -0.05) is 17.7 Å². The van der Waals surface area contributed by atoms with Crippen LogP contribution in [0.25, 0.3) is 10.9 Å². The first-order chi connectivity index (χ1) is 5.70. The molecule has 0 unspecified atom stereocenters. The number of nitrogens with one attached hydrogen (secondary N) is 1. The lowest BCUT2D eigenvalue weighted by molar-refractivity contribution is 0.481. The third-order valence-corrected chi connectivity index (χ3v) is 2.44. The molecule has 1 aromatic carbocycles. The van der Waals surface area contributed by atoms with E-state index in [-0.39, 0.29) is 5.75 Å². The molecule has 0 bridgehead atoms. The number of hydrogen-bond donors (Lipinski definition) is 2. The predicted octanol–water partition coefficient (Wildman–Crippen LogP) is 2.84. The van der Waals surface area contributed by atoms with Crippen LogP contribution in [0.5, 0.6) is 5.75 Å². The van der Waals surface area contributed by atoms with Gasteiger partial charge < -0.3 is 10.1 Å². The van der Waals surface area contributed by atoms with Crippen LogP contribution >= 0.6 is 11.6 Å². The number of aryl methyl sites for hydroxylation is 1. The molecular formula is C9H8ClNO. The van der Waals surface area contributed by atoms with Gasteiger partial charge >= 0.3 is 0 Å². The number of aromatic nitrogens is 1. The lowest BCUT2D eigenvalue weighted by atomic mass is 10.2. The molecule has 1 aromatic heterocycles. The molecule has 2 N–H and O–H groups in total. The van der Waals surface area contributed by atoms with E-state index in [9.17, 15) is 5.11 Å².